The first-order chi connectivity index (χ1) is 8.42. The highest BCUT2D eigenvalue weighted by molar-refractivity contribution is 5.51. The van der Waals surface area contributed by atoms with Gasteiger partial charge in [0, 0.05) is 18.8 Å². The average molecular weight is 242 g/mol. The third kappa shape index (κ3) is 2.51. The van der Waals surface area contributed by atoms with Gasteiger partial charge in [0.2, 0.25) is 0 Å². The van der Waals surface area contributed by atoms with Crippen LogP contribution in [-0.4, -0.2) is 13.1 Å². The average Bonchev–Trinajstić information content (AvgIpc) is 2.26. The van der Waals surface area contributed by atoms with E-state index < -0.39 is 0 Å². The summed E-state index contributed by atoms with van der Waals surface area (Å²) in [6, 6.07) is 9.16. The van der Waals surface area contributed by atoms with E-state index in [9.17, 15) is 5.26 Å². The highest BCUT2D eigenvalue weighted by Gasteiger charge is 2.36. The van der Waals surface area contributed by atoms with E-state index in [4.69, 9.17) is 0 Å². The molecule has 18 heavy (non-hydrogen) atoms. The molecule has 1 saturated heterocycles. The lowest BCUT2D eigenvalue weighted by molar-refractivity contribution is 0.226. The standard InChI is InChI=1S/C16H22N2/c1-12-7-13(2)9-15(8-12)18-6-5-14(10-17)16(3,4)11-18/h7-9,14H,5-6,11H2,1-4H3. The fourth-order valence-electron chi connectivity index (χ4n) is 2.95. The first-order valence-corrected chi connectivity index (χ1v) is 6.65. The molecule has 1 aliphatic rings. The summed E-state index contributed by atoms with van der Waals surface area (Å²) in [4.78, 5) is 2.42. The Balaban J connectivity index is 2.24. The Morgan fingerprint density at radius 3 is 2.33 bits per heavy atom. The van der Waals surface area contributed by atoms with E-state index in [2.05, 4.69) is 56.9 Å². The monoisotopic (exact) mass is 242 g/mol. The number of benzene rings is 1. The van der Waals surface area contributed by atoms with Gasteiger partial charge in [0.25, 0.3) is 0 Å². The number of anilines is 1. The lowest BCUT2D eigenvalue weighted by atomic mass is 9.74. The van der Waals surface area contributed by atoms with E-state index in [1.807, 2.05) is 0 Å². The van der Waals surface area contributed by atoms with Crippen molar-refractivity contribution in [3.63, 3.8) is 0 Å². The lowest BCUT2D eigenvalue weighted by Crippen LogP contribution is -2.45. The van der Waals surface area contributed by atoms with E-state index in [1.165, 1.54) is 16.8 Å². The molecule has 2 rings (SSSR count). The van der Waals surface area contributed by atoms with Crippen LogP contribution < -0.4 is 4.90 Å². The van der Waals surface area contributed by atoms with Gasteiger partial charge in [-0.15, -0.1) is 0 Å². The van der Waals surface area contributed by atoms with Crippen LogP contribution in [0.4, 0.5) is 5.69 Å². The van der Waals surface area contributed by atoms with Crippen LogP contribution in [0.25, 0.3) is 0 Å². The Hall–Kier alpha value is -1.49. The minimum Gasteiger partial charge on any atom is -0.371 e. The molecule has 0 aliphatic carbocycles. The first-order valence-electron chi connectivity index (χ1n) is 6.65. The molecule has 0 amide bonds. The SMILES string of the molecule is Cc1cc(C)cc(N2CCC(C#N)C(C)(C)C2)c1. The number of aryl methyl sites for hydroxylation is 2. The third-order valence-corrected chi connectivity index (χ3v) is 3.96. The quantitative estimate of drug-likeness (QED) is 0.751. The summed E-state index contributed by atoms with van der Waals surface area (Å²) >= 11 is 0. The van der Waals surface area contributed by atoms with Crippen molar-refractivity contribution in [3.05, 3.63) is 29.3 Å². The van der Waals surface area contributed by atoms with Gasteiger partial charge in [-0.25, -0.2) is 0 Å². The molecule has 1 aromatic rings. The van der Waals surface area contributed by atoms with Gasteiger partial charge < -0.3 is 4.90 Å². The van der Waals surface area contributed by atoms with Crippen molar-refractivity contribution in [3.8, 4) is 6.07 Å². The Morgan fingerprint density at radius 2 is 1.83 bits per heavy atom. The molecule has 1 fully saturated rings. The van der Waals surface area contributed by atoms with E-state index >= 15 is 0 Å². The molecule has 0 N–H and O–H groups in total. The number of nitrogens with zero attached hydrogens (tertiary/aromatic N) is 2. The fourth-order valence-corrected chi connectivity index (χ4v) is 2.95. The van der Waals surface area contributed by atoms with Crippen molar-refractivity contribution in [2.45, 2.75) is 34.1 Å². The van der Waals surface area contributed by atoms with Crippen molar-refractivity contribution in [2.75, 3.05) is 18.0 Å². The van der Waals surface area contributed by atoms with E-state index in [1.54, 1.807) is 0 Å². The Labute approximate surface area is 110 Å². The molecule has 0 aromatic heterocycles. The lowest BCUT2D eigenvalue weighted by Gasteiger charge is -2.42. The van der Waals surface area contributed by atoms with E-state index in [-0.39, 0.29) is 11.3 Å². The maximum Gasteiger partial charge on any atom is 0.0662 e. The van der Waals surface area contributed by atoms with Crippen molar-refractivity contribution < 1.29 is 0 Å². The normalized spacial score (nSPS) is 22.6. The molecule has 0 spiro atoms. The zero-order chi connectivity index (χ0) is 13.3. The smallest absolute Gasteiger partial charge is 0.0662 e. The topological polar surface area (TPSA) is 27.0 Å². The fraction of sp³-hybridized carbons (Fsp3) is 0.562. The van der Waals surface area contributed by atoms with Crippen molar-refractivity contribution in [2.24, 2.45) is 11.3 Å². The van der Waals surface area contributed by atoms with Crippen LogP contribution in [0.3, 0.4) is 0 Å². The number of hydrogen-bond acceptors (Lipinski definition) is 2. The van der Waals surface area contributed by atoms with Gasteiger partial charge >= 0.3 is 0 Å². The van der Waals surface area contributed by atoms with Crippen LogP contribution >= 0.6 is 0 Å². The van der Waals surface area contributed by atoms with Crippen molar-refractivity contribution >= 4 is 5.69 Å². The van der Waals surface area contributed by atoms with Crippen LogP contribution in [0, 0.1) is 36.5 Å². The predicted octanol–water partition coefficient (Wildman–Crippen LogP) is 3.68. The van der Waals surface area contributed by atoms with Gasteiger partial charge in [0.1, 0.15) is 0 Å². The van der Waals surface area contributed by atoms with Crippen LogP contribution in [-0.2, 0) is 0 Å². The van der Waals surface area contributed by atoms with Gasteiger partial charge in [-0.3, -0.25) is 0 Å². The first kappa shape index (κ1) is 13.0. The maximum atomic E-state index is 9.20. The summed E-state index contributed by atoms with van der Waals surface area (Å²) in [6.45, 7) is 10.7. The Morgan fingerprint density at radius 1 is 1.22 bits per heavy atom. The number of nitriles is 1. The molecule has 0 radical (unpaired) electrons. The highest BCUT2D eigenvalue weighted by Crippen LogP contribution is 2.36. The number of rotatable bonds is 1. The van der Waals surface area contributed by atoms with Gasteiger partial charge in [0.05, 0.1) is 12.0 Å². The van der Waals surface area contributed by atoms with Gasteiger partial charge in [-0.1, -0.05) is 19.9 Å². The summed E-state index contributed by atoms with van der Waals surface area (Å²) in [5.74, 6) is 0.180. The van der Waals surface area contributed by atoms with Crippen LogP contribution in [0.15, 0.2) is 18.2 Å². The maximum absolute atomic E-state index is 9.20. The molecule has 96 valence electrons. The molecule has 1 atom stereocenters. The molecular weight excluding hydrogens is 220 g/mol. The zero-order valence-electron chi connectivity index (χ0n) is 11.8. The third-order valence-electron chi connectivity index (χ3n) is 3.96. The molecular formula is C16H22N2. The van der Waals surface area contributed by atoms with Gasteiger partial charge in [-0.2, -0.15) is 5.26 Å². The predicted molar refractivity (Wildman–Crippen MR) is 75.6 cm³/mol. The van der Waals surface area contributed by atoms with E-state index in [0.29, 0.717) is 0 Å². The second kappa shape index (κ2) is 4.65. The summed E-state index contributed by atoms with van der Waals surface area (Å²) in [6.07, 6.45) is 0.969. The van der Waals surface area contributed by atoms with Gasteiger partial charge in [0.15, 0.2) is 0 Å². The Kier molecular flexibility index (Phi) is 3.34. The molecule has 1 unspecified atom stereocenters. The van der Waals surface area contributed by atoms with Crippen LogP contribution in [0.1, 0.15) is 31.4 Å². The summed E-state index contributed by atoms with van der Waals surface area (Å²) in [7, 11) is 0. The molecule has 1 aliphatic heterocycles. The highest BCUT2D eigenvalue weighted by atomic mass is 15.1. The largest absolute Gasteiger partial charge is 0.371 e. The van der Waals surface area contributed by atoms with Crippen molar-refractivity contribution in [1.29, 1.82) is 5.26 Å². The zero-order valence-corrected chi connectivity index (χ0v) is 11.8. The Bertz CT molecular complexity index is 462. The van der Waals surface area contributed by atoms with Gasteiger partial charge in [-0.05, 0) is 48.9 Å². The molecule has 0 bridgehead atoms. The van der Waals surface area contributed by atoms with Crippen molar-refractivity contribution in [1.82, 2.24) is 0 Å². The summed E-state index contributed by atoms with van der Waals surface area (Å²) in [5, 5.41) is 9.20. The second-order valence-corrected chi connectivity index (χ2v) is 6.23. The van der Waals surface area contributed by atoms with E-state index in [0.717, 1.165) is 19.5 Å². The molecule has 2 heteroatoms. The second-order valence-electron chi connectivity index (χ2n) is 6.23. The molecule has 1 heterocycles. The summed E-state index contributed by atoms with van der Waals surface area (Å²) in [5.41, 5.74) is 4.00. The molecule has 1 aromatic carbocycles. The van der Waals surface area contributed by atoms with Crippen LogP contribution in [0.2, 0.25) is 0 Å². The molecule has 0 saturated carbocycles. The summed E-state index contributed by atoms with van der Waals surface area (Å²) < 4.78 is 0. The number of piperidine rings is 1. The molecule has 2 nitrogen and oxygen atoms in total. The number of hydrogen-bond donors (Lipinski definition) is 0. The van der Waals surface area contributed by atoms with Crippen LogP contribution in [0.5, 0.6) is 0 Å². The minimum atomic E-state index is 0.0741. The minimum absolute atomic E-state index is 0.0741.